The van der Waals surface area contributed by atoms with Crippen LogP contribution >= 0.6 is 0 Å². The van der Waals surface area contributed by atoms with Crippen LogP contribution < -0.4 is 5.32 Å². The highest BCUT2D eigenvalue weighted by Gasteiger charge is 2.30. The summed E-state index contributed by atoms with van der Waals surface area (Å²) in [4.78, 5) is 21.0. The molecular weight excluding hydrogens is 379 g/mol. The van der Waals surface area contributed by atoms with Gasteiger partial charge in [-0.2, -0.15) is 0 Å². The Morgan fingerprint density at radius 3 is 2.50 bits per heavy atom. The van der Waals surface area contributed by atoms with Gasteiger partial charge in [-0.05, 0) is 75.5 Å². The van der Waals surface area contributed by atoms with Gasteiger partial charge in [-0.15, -0.1) is 0 Å². The molecule has 4 rings (SSSR count). The lowest BCUT2D eigenvalue weighted by atomic mass is 9.91. The molecule has 1 aromatic heterocycles. The Morgan fingerprint density at radius 2 is 1.80 bits per heavy atom. The smallest absolute Gasteiger partial charge is 0.219 e. The molecule has 5 nitrogen and oxygen atoms in total. The van der Waals surface area contributed by atoms with Gasteiger partial charge in [0.15, 0.2) is 0 Å². The lowest BCUT2D eigenvalue weighted by molar-refractivity contribution is -0.130. The molecule has 1 aromatic carbocycles. The van der Waals surface area contributed by atoms with Crippen LogP contribution in [0.3, 0.4) is 0 Å². The van der Waals surface area contributed by atoms with Crippen LogP contribution in [0.2, 0.25) is 0 Å². The van der Waals surface area contributed by atoms with E-state index in [1.54, 1.807) is 19.1 Å². The number of hydrogen-bond acceptors (Lipinski definition) is 4. The van der Waals surface area contributed by atoms with E-state index in [9.17, 15) is 9.18 Å². The van der Waals surface area contributed by atoms with Crippen molar-refractivity contribution in [2.24, 2.45) is 0 Å². The van der Waals surface area contributed by atoms with Crippen molar-refractivity contribution in [2.45, 2.75) is 51.5 Å². The van der Waals surface area contributed by atoms with Crippen LogP contribution in [0.1, 0.15) is 49.9 Å². The molecule has 2 aliphatic heterocycles. The van der Waals surface area contributed by atoms with Crippen LogP contribution in [0.15, 0.2) is 36.4 Å². The first-order valence-electron chi connectivity index (χ1n) is 11.0. The van der Waals surface area contributed by atoms with E-state index in [2.05, 4.69) is 16.3 Å². The maximum absolute atomic E-state index is 13.2. The van der Waals surface area contributed by atoms with Gasteiger partial charge in [-0.3, -0.25) is 14.7 Å². The predicted octanol–water partition coefficient (Wildman–Crippen LogP) is 4.46. The molecule has 30 heavy (non-hydrogen) atoms. The van der Waals surface area contributed by atoms with Crippen LogP contribution in [-0.4, -0.2) is 52.9 Å². The largest absolute Gasteiger partial charge is 0.355 e. The molecule has 0 radical (unpaired) electrons. The monoisotopic (exact) mass is 410 g/mol. The van der Waals surface area contributed by atoms with E-state index < -0.39 is 0 Å². The van der Waals surface area contributed by atoms with Gasteiger partial charge in [0.2, 0.25) is 5.91 Å². The number of rotatable bonds is 4. The average molecular weight is 411 g/mol. The van der Waals surface area contributed by atoms with E-state index in [0.29, 0.717) is 12.0 Å². The topological polar surface area (TPSA) is 48.5 Å². The zero-order chi connectivity index (χ0) is 21.1. The third kappa shape index (κ3) is 4.98. The fourth-order valence-corrected chi connectivity index (χ4v) is 4.80. The minimum absolute atomic E-state index is 0.190. The van der Waals surface area contributed by atoms with E-state index in [0.717, 1.165) is 68.2 Å². The average Bonchev–Trinajstić information content (AvgIpc) is 2.75. The SMILES string of the molecule is CC(=O)N1CCC(N2CCCC(c3cc(Nc4ccc(F)cc4)cc(C)n3)C2)CC1. The first-order chi connectivity index (χ1) is 14.5. The molecule has 2 aliphatic rings. The molecular formula is C24H31FN4O. The van der Waals surface area contributed by atoms with Crippen molar-refractivity contribution in [3.05, 3.63) is 53.6 Å². The highest BCUT2D eigenvalue weighted by molar-refractivity contribution is 5.73. The number of nitrogens with zero attached hydrogens (tertiary/aromatic N) is 3. The van der Waals surface area contributed by atoms with Gasteiger partial charge in [-0.1, -0.05) is 0 Å². The number of piperidine rings is 2. The van der Waals surface area contributed by atoms with E-state index in [1.165, 1.54) is 18.6 Å². The Bertz CT molecular complexity index is 877. The third-order valence-corrected chi connectivity index (χ3v) is 6.40. The standard InChI is InChI=1S/C24H31FN4O/c1-17-14-22(27-21-7-5-20(25)6-8-21)15-24(26-17)19-4-3-11-29(16-19)23-9-12-28(13-10-23)18(2)30/h5-8,14-15,19,23H,3-4,9-13,16H2,1-2H3,(H,26,27). The third-order valence-electron chi connectivity index (χ3n) is 6.40. The second kappa shape index (κ2) is 9.13. The zero-order valence-electron chi connectivity index (χ0n) is 17.9. The highest BCUT2D eigenvalue weighted by atomic mass is 19.1. The van der Waals surface area contributed by atoms with Crippen LogP contribution in [0, 0.1) is 12.7 Å². The fraction of sp³-hybridized carbons (Fsp3) is 0.500. The van der Waals surface area contributed by atoms with Crippen LogP contribution in [-0.2, 0) is 4.79 Å². The molecule has 1 atom stereocenters. The van der Waals surface area contributed by atoms with Crippen LogP contribution in [0.5, 0.6) is 0 Å². The number of carbonyl (C=O) groups is 1. The Hall–Kier alpha value is -2.47. The van der Waals surface area contributed by atoms with Crippen molar-refractivity contribution in [1.29, 1.82) is 0 Å². The summed E-state index contributed by atoms with van der Waals surface area (Å²) in [6.07, 6.45) is 4.44. The number of likely N-dealkylation sites (tertiary alicyclic amines) is 2. The summed E-state index contributed by atoms with van der Waals surface area (Å²) in [7, 11) is 0. The molecule has 1 N–H and O–H groups in total. The Morgan fingerprint density at radius 1 is 1.07 bits per heavy atom. The van der Waals surface area contributed by atoms with Gasteiger partial charge < -0.3 is 10.2 Å². The van der Waals surface area contributed by atoms with E-state index in [4.69, 9.17) is 4.98 Å². The van der Waals surface area contributed by atoms with Crippen LogP contribution in [0.4, 0.5) is 15.8 Å². The van der Waals surface area contributed by atoms with E-state index >= 15 is 0 Å². The summed E-state index contributed by atoms with van der Waals surface area (Å²) in [6.45, 7) is 7.59. The number of anilines is 2. The minimum atomic E-state index is -0.233. The lowest BCUT2D eigenvalue weighted by Crippen LogP contribution is -2.49. The first kappa shape index (κ1) is 20.8. The maximum Gasteiger partial charge on any atom is 0.219 e. The summed E-state index contributed by atoms with van der Waals surface area (Å²) in [5, 5.41) is 3.38. The fourth-order valence-electron chi connectivity index (χ4n) is 4.80. The van der Waals surface area contributed by atoms with Gasteiger partial charge in [-0.25, -0.2) is 4.39 Å². The number of amides is 1. The van der Waals surface area contributed by atoms with Crippen molar-refractivity contribution in [3.8, 4) is 0 Å². The number of halogens is 1. The summed E-state index contributed by atoms with van der Waals surface area (Å²) in [6, 6.07) is 11.2. The first-order valence-corrected chi connectivity index (χ1v) is 11.0. The number of hydrogen-bond donors (Lipinski definition) is 1. The van der Waals surface area contributed by atoms with Gasteiger partial charge in [0.25, 0.3) is 0 Å². The summed E-state index contributed by atoms with van der Waals surface area (Å²) in [5.74, 6) is 0.372. The molecule has 160 valence electrons. The van der Waals surface area contributed by atoms with E-state index in [-0.39, 0.29) is 11.7 Å². The van der Waals surface area contributed by atoms with Crippen molar-refractivity contribution < 1.29 is 9.18 Å². The Labute approximate surface area is 178 Å². The Kier molecular flexibility index (Phi) is 6.32. The van der Waals surface area contributed by atoms with Gasteiger partial charge in [0.05, 0.1) is 0 Å². The van der Waals surface area contributed by atoms with Crippen molar-refractivity contribution in [3.63, 3.8) is 0 Å². The van der Waals surface area contributed by atoms with Gasteiger partial charge >= 0.3 is 0 Å². The highest BCUT2D eigenvalue weighted by Crippen LogP contribution is 2.31. The van der Waals surface area contributed by atoms with E-state index in [1.807, 2.05) is 17.9 Å². The number of aromatic nitrogens is 1. The molecule has 3 heterocycles. The maximum atomic E-state index is 13.2. The molecule has 1 unspecified atom stereocenters. The number of nitrogens with one attached hydrogen (secondary N) is 1. The second-order valence-electron chi connectivity index (χ2n) is 8.63. The Balaban J connectivity index is 1.43. The van der Waals surface area contributed by atoms with Crippen molar-refractivity contribution in [2.75, 3.05) is 31.5 Å². The summed E-state index contributed by atoms with van der Waals surface area (Å²) < 4.78 is 13.2. The number of carbonyl (C=O) groups excluding carboxylic acids is 1. The number of benzene rings is 1. The van der Waals surface area contributed by atoms with Crippen molar-refractivity contribution in [1.82, 2.24) is 14.8 Å². The van der Waals surface area contributed by atoms with Crippen molar-refractivity contribution >= 4 is 17.3 Å². The molecule has 0 bridgehead atoms. The number of pyridine rings is 1. The summed E-state index contributed by atoms with van der Waals surface area (Å²) >= 11 is 0. The van der Waals surface area contributed by atoms with Gasteiger partial charge in [0, 0.05) is 61.3 Å². The molecule has 1 amide bonds. The lowest BCUT2D eigenvalue weighted by Gasteiger charge is -2.42. The van der Waals surface area contributed by atoms with Crippen LogP contribution in [0.25, 0.3) is 0 Å². The molecule has 0 spiro atoms. The predicted molar refractivity (Wildman–Crippen MR) is 117 cm³/mol. The normalized spacial score (nSPS) is 20.9. The summed E-state index contributed by atoms with van der Waals surface area (Å²) in [5.41, 5.74) is 3.99. The minimum Gasteiger partial charge on any atom is -0.355 e. The molecule has 2 aromatic rings. The molecule has 0 aliphatic carbocycles. The second-order valence-corrected chi connectivity index (χ2v) is 8.63. The van der Waals surface area contributed by atoms with Gasteiger partial charge in [0.1, 0.15) is 5.82 Å². The molecule has 2 saturated heterocycles. The quantitative estimate of drug-likeness (QED) is 0.808. The zero-order valence-corrected chi connectivity index (χ0v) is 17.9. The molecule has 2 fully saturated rings. The molecule has 6 heteroatoms. The number of aryl methyl sites for hydroxylation is 1. The molecule has 0 saturated carbocycles.